The summed E-state index contributed by atoms with van der Waals surface area (Å²) in [6.45, 7) is 5.89. The van der Waals surface area contributed by atoms with Gasteiger partial charge in [0.05, 0.1) is 36.7 Å². The maximum Gasteiger partial charge on any atom is 0.409 e. The normalized spacial score (nSPS) is 28.6. The monoisotopic (exact) mass is 525 g/mol. The molecule has 0 bridgehead atoms. The molecule has 0 spiro atoms. The largest absolute Gasteiger partial charge is 0.481 e. The van der Waals surface area contributed by atoms with E-state index in [-0.39, 0.29) is 29.4 Å². The minimum Gasteiger partial charge on any atom is -0.481 e. The smallest absolute Gasteiger partial charge is 0.409 e. The molecule has 0 radical (unpaired) electrons. The molecule has 5 rings (SSSR count). The molecule has 2 aromatic rings. The van der Waals surface area contributed by atoms with Gasteiger partial charge in [0.15, 0.2) is 0 Å². The van der Waals surface area contributed by atoms with Crippen molar-refractivity contribution in [3.8, 4) is 0 Å². The number of fused-ring (bicyclic) bond motifs is 3. The Morgan fingerprint density at radius 1 is 1.13 bits per heavy atom. The molecule has 1 atom stereocenters. The van der Waals surface area contributed by atoms with Gasteiger partial charge in [-0.1, -0.05) is 13.0 Å². The van der Waals surface area contributed by atoms with Gasteiger partial charge in [-0.3, -0.25) is 4.79 Å². The number of imidazole rings is 1. The Kier molecular flexibility index (Phi) is 7.72. The summed E-state index contributed by atoms with van der Waals surface area (Å²) in [5, 5.41) is 9.55. The minimum absolute atomic E-state index is 0.244. The highest BCUT2D eigenvalue weighted by Gasteiger charge is 2.36. The van der Waals surface area contributed by atoms with E-state index < -0.39 is 5.97 Å². The van der Waals surface area contributed by atoms with Crippen LogP contribution in [0.2, 0.25) is 0 Å². The van der Waals surface area contributed by atoms with Crippen LogP contribution >= 0.6 is 0 Å². The first-order valence-corrected chi connectivity index (χ1v) is 14.3. The third-order valence-corrected chi connectivity index (χ3v) is 9.67. The number of carbonyl (C=O) groups is 2. The molecule has 2 saturated carbocycles. The average Bonchev–Trinajstić information content (AvgIpc) is 3.33. The molecule has 1 aliphatic heterocycles. The molecule has 208 valence electrons. The maximum absolute atomic E-state index is 12.3. The molecule has 0 unspecified atom stereocenters. The highest BCUT2D eigenvalue weighted by molar-refractivity contribution is 5.82. The van der Waals surface area contributed by atoms with Crippen molar-refractivity contribution in [2.45, 2.75) is 103 Å². The van der Waals surface area contributed by atoms with Crippen LogP contribution in [0.25, 0.3) is 11.0 Å². The zero-order valence-corrected chi connectivity index (χ0v) is 23.4. The Morgan fingerprint density at radius 2 is 1.84 bits per heavy atom. The fraction of sp³-hybridized carbons (Fsp3) is 0.700. The molecule has 3 aliphatic rings. The fourth-order valence-corrected chi connectivity index (χ4v) is 7.38. The second-order valence-electron chi connectivity index (χ2n) is 12.2. The van der Waals surface area contributed by atoms with Crippen LogP contribution in [-0.2, 0) is 27.2 Å². The lowest BCUT2D eigenvalue weighted by Gasteiger charge is -2.39. The first-order chi connectivity index (χ1) is 18.2. The molecule has 2 heterocycles. The molecule has 1 amide bonds. The quantitative estimate of drug-likeness (QED) is 0.492. The number of carbonyl (C=O) groups excluding carboxylic acids is 1. The molecule has 1 aromatic heterocycles. The SMILES string of the molecule is COC(=O)N1CCc2ccc3c(nc([C@H]4CC[C@H](C(=O)O)CC4)n3[C@@H](C)C[C@]3(C)CC[C@@H](OC)CC3)c2C1. The number of carboxylic acids is 1. The van der Waals surface area contributed by atoms with Crippen LogP contribution in [-0.4, -0.2) is 58.5 Å². The Bertz CT molecular complexity index is 1170. The number of amides is 1. The van der Waals surface area contributed by atoms with Gasteiger partial charge < -0.3 is 24.0 Å². The number of ether oxygens (including phenoxy) is 2. The zero-order valence-electron chi connectivity index (χ0n) is 23.4. The van der Waals surface area contributed by atoms with Crippen LogP contribution in [0.1, 0.15) is 101 Å². The van der Waals surface area contributed by atoms with E-state index in [0.717, 1.165) is 73.8 Å². The Hall–Kier alpha value is -2.61. The standard InChI is InChI=1S/C30H43N3O5/c1-19(17-30(2)14-11-23(37-3)12-15-30)33-25-10-9-20-13-16-32(29(36)38-4)18-24(20)26(25)31-27(33)21-5-7-22(8-6-21)28(34)35/h9-10,19,21-23H,5-8,11-18H2,1-4H3,(H,34,35)/t19-,21-,22-,23-,30-/m0/s1. The van der Waals surface area contributed by atoms with Crippen LogP contribution in [0.4, 0.5) is 4.79 Å². The van der Waals surface area contributed by atoms with E-state index in [1.54, 1.807) is 4.90 Å². The molecule has 8 nitrogen and oxygen atoms in total. The lowest BCUT2D eigenvalue weighted by Crippen LogP contribution is -2.35. The first kappa shape index (κ1) is 27.0. The van der Waals surface area contributed by atoms with E-state index in [1.807, 2.05) is 7.11 Å². The van der Waals surface area contributed by atoms with E-state index in [9.17, 15) is 14.7 Å². The average molecular weight is 526 g/mol. The van der Waals surface area contributed by atoms with E-state index in [0.29, 0.717) is 32.0 Å². The summed E-state index contributed by atoms with van der Waals surface area (Å²) in [5.74, 6) is 0.405. The van der Waals surface area contributed by atoms with E-state index >= 15 is 0 Å². The van der Waals surface area contributed by atoms with Crippen molar-refractivity contribution >= 4 is 23.1 Å². The molecular weight excluding hydrogens is 482 g/mol. The van der Waals surface area contributed by atoms with Gasteiger partial charge in [0, 0.05) is 31.2 Å². The Morgan fingerprint density at radius 3 is 2.47 bits per heavy atom. The lowest BCUT2D eigenvalue weighted by atomic mass is 9.71. The van der Waals surface area contributed by atoms with Gasteiger partial charge in [-0.25, -0.2) is 9.78 Å². The van der Waals surface area contributed by atoms with E-state index in [2.05, 4.69) is 30.5 Å². The zero-order chi connectivity index (χ0) is 27.0. The molecular formula is C30H43N3O5. The highest BCUT2D eigenvalue weighted by atomic mass is 16.5. The number of methoxy groups -OCH3 is 2. The van der Waals surface area contributed by atoms with Gasteiger partial charge in [-0.05, 0) is 88.2 Å². The molecule has 1 aromatic carbocycles. The van der Waals surface area contributed by atoms with Gasteiger partial charge in [0.25, 0.3) is 0 Å². The van der Waals surface area contributed by atoms with Gasteiger partial charge in [-0.2, -0.15) is 0 Å². The predicted octanol–water partition coefficient (Wildman–Crippen LogP) is 6.07. The summed E-state index contributed by atoms with van der Waals surface area (Å²) in [5.41, 5.74) is 4.75. The number of hydrogen-bond acceptors (Lipinski definition) is 5. The number of aliphatic carboxylic acids is 1. The van der Waals surface area contributed by atoms with Crippen LogP contribution in [0.15, 0.2) is 12.1 Å². The minimum atomic E-state index is -0.679. The third-order valence-electron chi connectivity index (χ3n) is 9.67. The van der Waals surface area contributed by atoms with Crippen molar-refractivity contribution in [2.24, 2.45) is 11.3 Å². The second kappa shape index (κ2) is 10.9. The summed E-state index contributed by atoms with van der Waals surface area (Å²) < 4.78 is 13.1. The Balaban J connectivity index is 1.51. The number of hydrogen-bond donors (Lipinski definition) is 1. The highest BCUT2D eigenvalue weighted by Crippen LogP contribution is 2.45. The maximum atomic E-state index is 12.3. The number of benzene rings is 1. The predicted molar refractivity (Wildman–Crippen MR) is 145 cm³/mol. The Labute approximate surface area is 225 Å². The number of carboxylic acid groups (broad SMARTS) is 1. The second-order valence-corrected chi connectivity index (χ2v) is 12.2. The summed E-state index contributed by atoms with van der Waals surface area (Å²) >= 11 is 0. The van der Waals surface area contributed by atoms with Crippen molar-refractivity contribution in [2.75, 3.05) is 20.8 Å². The molecule has 1 N–H and O–H groups in total. The number of nitrogens with zero attached hydrogens (tertiary/aromatic N) is 3. The molecule has 0 saturated heterocycles. The lowest BCUT2D eigenvalue weighted by molar-refractivity contribution is -0.142. The van der Waals surface area contributed by atoms with E-state index in [1.165, 1.54) is 12.7 Å². The van der Waals surface area contributed by atoms with Gasteiger partial charge in [-0.15, -0.1) is 0 Å². The van der Waals surface area contributed by atoms with Crippen LogP contribution in [0.5, 0.6) is 0 Å². The summed E-state index contributed by atoms with van der Waals surface area (Å²) in [7, 11) is 3.25. The molecule has 2 fully saturated rings. The topological polar surface area (TPSA) is 93.9 Å². The van der Waals surface area contributed by atoms with Crippen molar-refractivity contribution < 1.29 is 24.2 Å². The molecule has 8 heteroatoms. The van der Waals surface area contributed by atoms with Crippen molar-refractivity contribution in [3.63, 3.8) is 0 Å². The van der Waals surface area contributed by atoms with Gasteiger partial charge in [0.1, 0.15) is 5.82 Å². The fourth-order valence-electron chi connectivity index (χ4n) is 7.38. The number of aromatic nitrogens is 2. The van der Waals surface area contributed by atoms with Crippen molar-refractivity contribution in [3.05, 3.63) is 29.1 Å². The van der Waals surface area contributed by atoms with Crippen LogP contribution < -0.4 is 0 Å². The van der Waals surface area contributed by atoms with Gasteiger partial charge >= 0.3 is 12.1 Å². The van der Waals surface area contributed by atoms with Crippen LogP contribution in [0.3, 0.4) is 0 Å². The van der Waals surface area contributed by atoms with Gasteiger partial charge in [0.2, 0.25) is 0 Å². The third kappa shape index (κ3) is 5.16. The van der Waals surface area contributed by atoms with E-state index in [4.69, 9.17) is 14.5 Å². The molecule has 38 heavy (non-hydrogen) atoms. The van der Waals surface area contributed by atoms with Crippen molar-refractivity contribution in [1.29, 1.82) is 0 Å². The summed E-state index contributed by atoms with van der Waals surface area (Å²) in [4.78, 5) is 31.0. The first-order valence-electron chi connectivity index (χ1n) is 14.3. The molecule has 2 aliphatic carbocycles. The van der Waals surface area contributed by atoms with Crippen LogP contribution in [0, 0.1) is 11.3 Å². The summed E-state index contributed by atoms with van der Waals surface area (Å²) in [6, 6.07) is 4.70. The number of rotatable bonds is 6. The van der Waals surface area contributed by atoms with Crippen molar-refractivity contribution in [1.82, 2.24) is 14.5 Å². The summed E-state index contributed by atoms with van der Waals surface area (Å²) in [6.07, 6.45) is 9.54.